The molecule has 1 saturated carbocycles. The van der Waals surface area contributed by atoms with E-state index in [0.29, 0.717) is 0 Å². The second-order valence-electron chi connectivity index (χ2n) is 4.15. The zero-order valence-electron chi connectivity index (χ0n) is 9.03. The van der Waals surface area contributed by atoms with Crippen molar-refractivity contribution < 1.29 is 21.2 Å². The van der Waals surface area contributed by atoms with Crippen LogP contribution in [0.5, 0.6) is 0 Å². The van der Waals surface area contributed by atoms with Gasteiger partial charge in [-0.15, -0.1) is 0 Å². The first-order chi connectivity index (χ1) is 7.45. The monoisotopic (exact) mass is 313 g/mol. The Labute approximate surface area is 103 Å². The van der Waals surface area contributed by atoms with Crippen molar-refractivity contribution in [3.05, 3.63) is 44.1 Å². The first-order valence-corrected chi connectivity index (χ1v) is 8.11. The molecule has 0 atom stereocenters. The number of rotatable bonds is 4. The molecule has 0 aromatic heterocycles. The van der Waals surface area contributed by atoms with E-state index in [2.05, 4.69) is 40.5 Å². The second kappa shape index (κ2) is 6.31. The minimum absolute atomic E-state index is 0.124. The van der Waals surface area contributed by atoms with Gasteiger partial charge in [0.2, 0.25) is 0 Å². The lowest BCUT2D eigenvalue weighted by atomic mass is 10.1. The molecule has 1 heteroatoms. The highest BCUT2D eigenvalue weighted by Gasteiger charge is 2.13. The van der Waals surface area contributed by atoms with Crippen LogP contribution in [0.1, 0.15) is 32.1 Å². The minimum Gasteiger partial charge on any atom is -0.0619 e. The average Bonchev–Trinajstić information content (AvgIpc) is 2.79. The van der Waals surface area contributed by atoms with Crippen LogP contribution < -0.4 is 21.2 Å². The predicted octanol–water partition coefficient (Wildman–Crippen LogP) is 1.04. The van der Waals surface area contributed by atoms with Crippen LogP contribution in [0, 0.1) is 9.49 Å². The highest BCUT2D eigenvalue weighted by molar-refractivity contribution is 4.99. The molecule has 0 amide bonds. The van der Waals surface area contributed by atoms with Crippen LogP contribution >= 0.6 is 0 Å². The van der Waals surface area contributed by atoms with Crippen molar-refractivity contribution in [1.82, 2.24) is 0 Å². The Balaban J connectivity index is 1.71. The lowest BCUT2D eigenvalue weighted by molar-refractivity contribution is -0.557. The summed E-state index contributed by atoms with van der Waals surface area (Å²) in [6, 6.07) is 10.9. The number of hydrogen-bond acceptors (Lipinski definition) is 0. The zero-order valence-corrected chi connectivity index (χ0v) is 11.2. The van der Waals surface area contributed by atoms with E-state index in [-0.39, 0.29) is 21.2 Å². The van der Waals surface area contributed by atoms with Crippen molar-refractivity contribution in [3.8, 4) is 0 Å². The van der Waals surface area contributed by atoms with Gasteiger partial charge in [-0.25, -0.2) is 0 Å². The molecule has 0 bridgehead atoms. The number of halogens is 1. The molecule has 1 aliphatic carbocycles. The third-order valence-corrected chi connectivity index (χ3v) is 5.26. The SMILES string of the molecule is C(=C\[I+]c1ccccc1)/CC1CCCC1. The van der Waals surface area contributed by atoms with E-state index in [0.717, 1.165) is 5.92 Å². The van der Waals surface area contributed by atoms with E-state index >= 15 is 0 Å². The third kappa shape index (κ3) is 3.98. The molecule has 1 aromatic rings. The van der Waals surface area contributed by atoms with E-state index in [1.54, 1.807) is 0 Å². The zero-order chi connectivity index (χ0) is 10.3. The quantitative estimate of drug-likeness (QED) is 0.729. The molecule has 0 heterocycles. The first kappa shape index (κ1) is 11.2. The second-order valence-corrected chi connectivity index (χ2v) is 6.74. The summed E-state index contributed by atoms with van der Waals surface area (Å²) >= 11 is 0.124. The average molecular weight is 313 g/mol. The first-order valence-electron chi connectivity index (χ1n) is 5.78. The molecule has 0 unspecified atom stereocenters. The summed E-state index contributed by atoms with van der Waals surface area (Å²) < 4.78 is 3.96. The molecule has 15 heavy (non-hydrogen) atoms. The molecule has 80 valence electrons. The van der Waals surface area contributed by atoms with E-state index in [9.17, 15) is 0 Å². The highest BCUT2D eigenvalue weighted by atomic mass is 127. The van der Waals surface area contributed by atoms with Gasteiger partial charge in [-0.05, 0) is 30.5 Å². The topological polar surface area (TPSA) is 0 Å². The van der Waals surface area contributed by atoms with Crippen LogP contribution in [0.4, 0.5) is 0 Å². The molecule has 1 fully saturated rings. The molecule has 0 nitrogen and oxygen atoms in total. The lowest BCUT2D eigenvalue weighted by Gasteiger charge is -2.00. The third-order valence-electron chi connectivity index (χ3n) is 2.96. The van der Waals surface area contributed by atoms with Gasteiger partial charge in [0.25, 0.3) is 0 Å². The summed E-state index contributed by atoms with van der Waals surface area (Å²) in [6.07, 6.45) is 9.61. The van der Waals surface area contributed by atoms with Gasteiger partial charge in [0.05, 0.1) is 0 Å². The van der Waals surface area contributed by atoms with E-state index in [4.69, 9.17) is 0 Å². The van der Waals surface area contributed by atoms with Crippen LogP contribution in [-0.4, -0.2) is 0 Å². The molecule has 0 N–H and O–H groups in total. The summed E-state index contributed by atoms with van der Waals surface area (Å²) in [6.45, 7) is 0. The molecule has 1 aromatic carbocycles. The van der Waals surface area contributed by atoms with Gasteiger partial charge >= 0.3 is 21.2 Å². The number of allylic oxidation sites excluding steroid dienone is 1. The Kier molecular flexibility index (Phi) is 4.71. The minimum atomic E-state index is 0.124. The molecular formula is C14H18I+. The van der Waals surface area contributed by atoms with Crippen molar-refractivity contribution in [2.24, 2.45) is 5.92 Å². The Morgan fingerprint density at radius 2 is 1.87 bits per heavy atom. The van der Waals surface area contributed by atoms with Crippen molar-refractivity contribution in [1.29, 1.82) is 0 Å². The van der Waals surface area contributed by atoms with Crippen LogP contribution in [0.25, 0.3) is 0 Å². The normalized spacial score (nSPS) is 17.6. The molecule has 0 spiro atoms. The molecule has 0 saturated heterocycles. The maximum atomic E-state index is 2.44. The standard InChI is InChI=1S/C14H18I/c1-2-10-14(11-3-1)15-12-6-9-13-7-4-5-8-13/h1-3,6,10-13H,4-5,7-9H2/q+1/b12-6+. The van der Waals surface area contributed by atoms with Gasteiger partial charge < -0.3 is 0 Å². The fourth-order valence-electron chi connectivity index (χ4n) is 2.09. The van der Waals surface area contributed by atoms with E-state index in [1.807, 2.05) is 0 Å². The van der Waals surface area contributed by atoms with E-state index < -0.39 is 0 Å². The Morgan fingerprint density at radius 1 is 1.13 bits per heavy atom. The van der Waals surface area contributed by atoms with E-state index in [1.165, 1.54) is 35.7 Å². The van der Waals surface area contributed by atoms with Crippen molar-refractivity contribution in [2.75, 3.05) is 0 Å². The predicted molar refractivity (Wildman–Crippen MR) is 60.9 cm³/mol. The van der Waals surface area contributed by atoms with Crippen molar-refractivity contribution in [2.45, 2.75) is 32.1 Å². The summed E-state index contributed by atoms with van der Waals surface area (Å²) in [5.41, 5.74) is 0. The van der Waals surface area contributed by atoms with Gasteiger partial charge in [0, 0.05) is 0 Å². The molecule has 2 rings (SSSR count). The molecular weight excluding hydrogens is 295 g/mol. The summed E-state index contributed by atoms with van der Waals surface area (Å²) in [7, 11) is 0. The maximum absolute atomic E-state index is 2.44. The fourth-order valence-corrected chi connectivity index (χ4v) is 3.89. The van der Waals surface area contributed by atoms with Crippen molar-refractivity contribution >= 4 is 0 Å². The van der Waals surface area contributed by atoms with Crippen LogP contribution in [0.3, 0.4) is 0 Å². The van der Waals surface area contributed by atoms with Gasteiger partial charge in [0.1, 0.15) is 0 Å². The fraction of sp³-hybridized carbons (Fsp3) is 0.429. The highest BCUT2D eigenvalue weighted by Crippen LogP contribution is 2.27. The van der Waals surface area contributed by atoms with Crippen molar-refractivity contribution in [3.63, 3.8) is 0 Å². The van der Waals surface area contributed by atoms with Gasteiger partial charge in [-0.2, -0.15) is 0 Å². The van der Waals surface area contributed by atoms with Gasteiger partial charge in [-0.1, -0.05) is 43.9 Å². The smallest absolute Gasteiger partial charge is 0.0619 e. The summed E-state index contributed by atoms with van der Waals surface area (Å²) in [5, 5.41) is 0. The Morgan fingerprint density at radius 3 is 2.60 bits per heavy atom. The molecule has 0 aliphatic heterocycles. The van der Waals surface area contributed by atoms with Crippen LogP contribution in [-0.2, 0) is 0 Å². The number of hydrogen-bond donors (Lipinski definition) is 0. The van der Waals surface area contributed by atoms with Gasteiger partial charge in [0.15, 0.2) is 7.65 Å². The summed E-state index contributed by atoms with van der Waals surface area (Å²) in [5.74, 6) is 1.00. The largest absolute Gasteiger partial charge is 0.349 e. The molecule has 1 aliphatic rings. The van der Waals surface area contributed by atoms with Gasteiger partial charge in [-0.3, -0.25) is 0 Å². The Bertz CT molecular complexity index is 296. The Hall–Kier alpha value is -0.310. The molecule has 0 radical (unpaired) electrons. The lowest BCUT2D eigenvalue weighted by Crippen LogP contribution is -3.59. The maximum Gasteiger partial charge on any atom is 0.349 e. The van der Waals surface area contributed by atoms with Crippen LogP contribution in [0.2, 0.25) is 0 Å². The summed E-state index contributed by atoms with van der Waals surface area (Å²) in [4.78, 5) is 0. The van der Waals surface area contributed by atoms with Crippen LogP contribution in [0.15, 0.2) is 40.5 Å². The number of benzene rings is 1.